The molecule has 0 saturated heterocycles. The number of aromatic nitrogens is 3. The number of carbonyl (C=O) groups is 1. The van der Waals surface area contributed by atoms with E-state index in [9.17, 15) is 4.79 Å². The molecular weight excluding hydrogens is 490 g/mol. The number of fused-ring (bicyclic) bond motifs is 1. The summed E-state index contributed by atoms with van der Waals surface area (Å²) in [6, 6.07) is 22.8. The number of methoxy groups -OCH3 is 2. The minimum absolute atomic E-state index is 0.0436. The Labute approximate surface area is 219 Å². The Morgan fingerprint density at radius 3 is 2.49 bits per heavy atom. The maximum absolute atomic E-state index is 12.7. The molecule has 3 aromatic carbocycles. The summed E-state index contributed by atoms with van der Waals surface area (Å²) in [5, 5.41) is 11.5. The molecule has 2 N–H and O–H groups in total. The number of benzene rings is 3. The van der Waals surface area contributed by atoms with E-state index in [4.69, 9.17) is 21.1 Å². The molecule has 8 nitrogen and oxygen atoms in total. The van der Waals surface area contributed by atoms with Crippen molar-refractivity contribution in [3.05, 3.63) is 101 Å². The first-order valence-corrected chi connectivity index (χ1v) is 12.2. The monoisotopic (exact) mass is 515 g/mol. The number of carbonyl (C=O) groups excluding carboxylic acids is 1. The molecular formula is C28H26ClN5O3. The molecule has 4 aromatic rings. The molecule has 2 atom stereocenters. The fourth-order valence-corrected chi connectivity index (χ4v) is 4.59. The number of nitrogens with zero attached hydrogens (tertiary/aromatic N) is 3. The van der Waals surface area contributed by atoms with Crippen LogP contribution in [0.4, 0.5) is 11.9 Å². The van der Waals surface area contributed by atoms with Gasteiger partial charge in [0.15, 0.2) is 0 Å². The van der Waals surface area contributed by atoms with Gasteiger partial charge in [-0.25, -0.2) is 4.68 Å². The van der Waals surface area contributed by atoms with Gasteiger partial charge in [-0.2, -0.15) is 4.98 Å². The Hall–Kier alpha value is -4.30. The van der Waals surface area contributed by atoms with Crippen molar-refractivity contribution in [1.29, 1.82) is 0 Å². The number of hydrogen-bond acceptors (Lipinski definition) is 6. The van der Waals surface area contributed by atoms with E-state index in [1.54, 1.807) is 25.0 Å². The summed E-state index contributed by atoms with van der Waals surface area (Å²) < 4.78 is 12.8. The molecule has 0 spiro atoms. The van der Waals surface area contributed by atoms with Crippen LogP contribution in [0.5, 0.6) is 11.5 Å². The summed E-state index contributed by atoms with van der Waals surface area (Å²) in [5.41, 5.74) is 2.84. The Morgan fingerprint density at radius 2 is 1.73 bits per heavy atom. The van der Waals surface area contributed by atoms with Gasteiger partial charge in [0.2, 0.25) is 5.95 Å². The Balaban J connectivity index is 1.44. The van der Waals surface area contributed by atoms with Crippen molar-refractivity contribution in [1.82, 2.24) is 14.8 Å². The average molecular weight is 516 g/mol. The summed E-state index contributed by atoms with van der Waals surface area (Å²) in [6.07, 6.45) is 3.82. The molecule has 37 heavy (non-hydrogen) atoms. The highest BCUT2D eigenvalue weighted by Gasteiger charge is 2.32. The summed E-state index contributed by atoms with van der Waals surface area (Å²) in [6.45, 7) is 0. The van der Waals surface area contributed by atoms with Gasteiger partial charge in [-0.15, -0.1) is 5.10 Å². The largest absolute Gasteiger partial charge is 0.496 e. The van der Waals surface area contributed by atoms with Crippen LogP contribution in [-0.4, -0.2) is 34.9 Å². The number of halogens is 1. The van der Waals surface area contributed by atoms with E-state index in [0.29, 0.717) is 23.1 Å². The second-order valence-electron chi connectivity index (χ2n) is 8.51. The van der Waals surface area contributed by atoms with E-state index in [2.05, 4.69) is 20.7 Å². The van der Waals surface area contributed by atoms with Gasteiger partial charge < -0.3 is 14.8 Å². The summed E-state index contributed by atoms with van der Waals surface area (Å²) >= 11 is 6.11. The van der Waals surface area contributed by atoms with Gasteiger partial charge in [0, 0.05) is 22.2 Å². The molecule has 0 radical (unpaired) electrons. The SMILES string of the molecule is COc1ccccc1/C=C/C(=O)Nc1nc2n(n1)[C@@H](c1ccccc1OC)C[C@@H](c1ccc(Cl)cc1)N2. The second-order valence-corrected chi connectivity index (χ2v) is 8.95. The average Bonchev–Trinajstić information content (AvgIpc) is 3.34. The molecule has 1 aromatic heterocycles. The number of rotatable bonds is 7. The third-order valence-electron chi connectivity index (χ3n) is 6.25. The molecule has 0 unspecified atom stereocenters. The lowest BCUT2D eigenvalue weighted by molar-refractivity contribution is -0.111. The van der Waals surface area contributed by atoms with E-state index in [0.717, 1.165) is 22.4 Å². The van der Waals surface area contributed by atoms with E-state index in [1.165, 1.54) is 6.08 Å². The van der Waals surface area contributed by atoms with Gasteiger partial charge in [0.05, 0.1) is 26.3 Å². The van der Waals surface area contributed by atoms with Crippen molar-refractivity contribution in [2.24, 2.45) is 0 Å². The first-order chi connectivity index (χ1) is 18.1. The van der Waals surface area contributed by atoms with Gasteiger partial charge in [-0.1, -0.05) is 60.1 Å². The lowest BCUT2D eigenvalue weighted by Gasteiger charge is -2.32. The second kappa shape index (κ2) is 10.8. The molecule has 1 amide bonds. The van der Waals surface area contributed by atoms with Crippen LogP contribution < -0.4 is 20.1 Å². The van der Waals surface area contributed by atoms with Crippen LogP contribution in [0.15, 0.2) is 78.9 Å². The number of amides is 1. The van der Waals surface area contributed by atoms with Crippen LogP contribution >= 0.6 is 11.6 Å². The smallest absolute Gasteiger partial charge is 0.250 e. The van der Waals surface area contributed by atoms with Crippen LogP contribution in [0.1, 0.15) is 35.2 Å². The standard InChI is InChI=1S/C28H26ClN5O3/c1-36-24-9-5-3-7-19(24)13-16-26(35)31-27-32-28-30-22(18-11-14-20(29)15-12-18)17-23(34(28)33-27)21-8-4-6-10-25(21)37-2/h3-16,22-23H,17H2,1-2H3,(H2,30,31,32,33,35)/b16-13+/t22-,23+/m0/s1. The highest BCUT2D eigenvalue weighted by molar-refractivity contribution is 6.30. The molecule has 9 heteroatoms. The highest BCUT2D eigenvalue weighted by atomic mass is 35.5. The molecule has 0 saturated carbocycles. The molecule has 0 fully saturated rings. The lowest BCUT2D eigenvalue weighted by Crippen LogP contribution is -2.28. The number of hydrogen-bond donors (Lipinski definition) is 2. The molecule has 2 heterocycles. The van der Waals surface area contributed by atoms with Gasteiger partial charge in [-0.3, -0.25) is 10.1 Å². The number of anilines is 2. The zero-order chi connectivity index (χ0) is 25.8. The summed E-state index contributed by atoms with van der Waals surface area (Å²) in [4.78, 5) is 17.3. The van der Waals surface area contributed by atoms with Crippen molar-refractivity contribution in [2.75, 3.05) is 24.9 Å². The van der Waals surface area contributed by atoms with Crippen molar-refractivity contribution in [2.45, 2.75) is 18.5 Å². The quantitative estimate of drug-likeness (QED) is 0.305. The number of para-hydroxylation sites is 2. The van der Waals surface area contributed by atoms with Crippen LogP contribution in [0.3, 0.4) is 0 Å². The van der Waals surface area contributed by atoms with Crippen LogP contribution in [-0.2, 0) is 4.79 Å². The minimum atomic E-state index is -0.350. The van der Waals surface area contributed by atoms with Gasteiger partial charge in [0.1, 0.15) is 11.5 Å². The fraction of sp³-hybridized carbons (Fsp3) is 0.179. The maximum atomic E-state index is 12.7. The van der Waals surface area contributed by atoms with E-state index >= 15 is 0 Å². The van der Waals surface area contributed by atoms with Crippen molar-refractivity contribution >= 4 is 35.5 Å². The van der Waals surface area contributed by atoms with Gasteiger partial charge in [-0.05, 0) is 42.3 Å². The molecule has 0 bridgehead atoms. The van der Waals surface area contributed by atoms with Gasteiger partial charge in [0.25, 0.3) is 11.9 Å². The van der Waals surface area contributed by atoms with Crippen molar-refractivity contribution in [3.63, 3.8) is 0 Å². The fourth-order valence-electron chi connectivity index (χ4n) is 4.47. The predicted molar refractivity (Wildman–Crippen MR) is 144 cm³/mol. The van der Waals surface area contributed by atoms with E-state index < -0.39 is 0 Å². The Kier molecular flexibility index (Phi) is 7.09. The first kappa shape index (κ1) is 24.4. The third-order valence-corrected chi connectivity index (χ3v) is 6.50. The number of ether oxygens (including phenoxy) is 2. The minimum Gasteiger partial charge on any atom is -0.496 e. The lowest BCUT2D eigenvalue weighted by atomic mass is 9.93. The van der Waals surface area contributed by atoms with Crippen LogP contribution in [0.25, 0.3) is 6.08 Å². The van der Waals surface area contributed by atoms with Crippen molar-refractivity contribution in [3.8, 4) is 11.5 Å². The Bertz CT molecular complexity index is 1430. The topological polar surface area (TPSA) is 90.3 Å². The highest BCUT2D eigenvalue weighted by Crippen LogP contribution is 2.41. The van der Waals surface area contributed by atoms with Crippen LogP contribution in [0.2, 0.25) is 5.02 Å². The molecule has 1 aliphatic heterocycles. The normalized spacial score (nSPS) is 16.6. The number of nitrogens with one attached hydrogen (secondary N) is 2. The van der Waals surface area contributed by atoms with Gasteiger partial charge >= 0.3 is 0 Å². The van der Waals surface area contributed by atoms with Crippen molar-refractivity contribution < 1.29 is 14.3 Å². The molecule has 1 aliphatic rings. The van der Waals surface area contributed by atoms with E-state index in [-0.39, 0.29) is 23.9 Å². The predicted octanol–water partition coefficient (Wildman–Crippen LogP) is 5.75. The van der Waals surface area contributed by atoms with Crippen LogP contribution in [0, 0.1) is 0 Å². The molecule has 5 rings (SSSR count). The Morgan fingerprint density at radius 1 is 1.03 bits per heavy atom. The maximum Gasteiger partial charge on any atom is 0.250 e. The summed E-state index contributed by atoms with van der Waals surface area (Å²) in [5.74, 6) is 1.84. The zero-order valence-corrected chi connectivity index (χ0v) is 21.1. The molecule has 0 aliphatic carbocycles. The third kappa shape index (κ3) is 5.29. The molecule has 188 valence electrons. The summed E-state index contributed by atoms with van der Waals surface area (Å²) in [7, 11) is 3.24. The first-order valence-electron chi connectivity index (χ1n) is 11.8. The zero-order valence-electron chi connectivity index (χ0n) is 20.4. The van der Waals surface area contributed by atoms with E-state index in [1.807, 2.05) is 72.8 Å².